The fraction of sp³-hybridized carbons (Fsp3) is 0.647. The predicted molar refractivity (Wildman–Crippen MR) is 85.9 cm³/mol. The van der Waals surface area contributed by atoms with Crippen LogP contribution in [0.3, 0.4) is 0 Å². The Labute approximate surface area is 130 Å². The van der Waals surface area contributed by atoms with Crippen LogP contribution in [-0.4, -0.2) is 25.8 Å². The van der Waals surface area contributed by atoms with Gasteiger partial charge in [0.1, 0.15) is 0 Å². The van der Waals surface area contributed by atoms with Gasteiger partial charge in [-0.25, -0.2) is 0 Å². The van der Waals surface area contributed by atoms with Crippen LogP contribution in [0.2, 0.25) is 0 Å². The van der Waals surface area contributed by atoms with Crippen molar-refractivity contribution in [1.29, 1.82) is 0 Å². The van der Waals surface area contributed by atoms with Crippen molar-refractivity contribution in [3.05, 3.63) is 34.3 Å². The Morgan fingerprint density at radius 1 is 1.40 bits per heavy atom. The van der Waals surface area contributed by atoms with Gasteiger partial charge in [-0.3, -0.25) is 0 Å². The van der Waals surface area contributed by atoms with E-state index in [4.69, 9.17) is 4.74 Å². The molecule has 20 heavy (non-hydrogen) atoms. The summed E-state index contributed by atoms with van der Waals surface area (Å²) >= 11 is 3.59. The summed E-state index contributed by atoms with van der Waals surface area (Å²) in [7, 11) is 0. The summed E-state index contributed by atoms with van der Waals surface area (Å²) in [5.74, 6) is 0.809. The molecule has 1 aromatic carbocycles. The van der Waals surface area contributed by atoms with Crippen LogP contribution in [0.5, 0.6) is 0 Å². The number of benzene rings is 1. The average Bonchev–Trinajstić information content (AvgIpc) is 3.19. The SMILES string of the molecule is CCNCC1(Cc2cccc(Br)c2)CCOC1C1CC1. The Morgan fingerprint density at radius 3 is 2.95 bits per heavy atom. The summed E-state index contributed by atoms with van der Waals surface area (Å²) < 4.78 is 7.32. The third-order valence-corrected chi connectivity index (χ3v) is 5.22. The highest BCUT2D eigenvalue weighted by molar-refractivity contribution is 9.10. The quantitative estimate of drug-likeness (QED) is 0.852. The van der Waals surface area contributed by atoms with Crippen molar-refractivity contribution < 1.29 is 4.74 Å². The molecular formula is C17H24BrNO. The minimum Gasteiger partial charge on any atom is -0.377 e. The number of hydrogen-bond donors (Lipinski definition) is 1. The molecule has 1 aromatic rings. The summed E-state index contributed by atoms with van der Waals surface area (Å²) in [4.78, 5) is 0. The molecule has 0 spiro atoms. The maximum atomic E-state index is 6.14. The molecule has 2 atom stereocenters. The molecule has 1 saturated heterocycles. The lowest BCUT2D eigenvalue weighted by atomic mass is 9.74. The molecule has 2 fully saturated rings. The third-order valence-electron chi connectivity index (χ3n) is 4.72. The van der Waals surface area contributed by atoms with E-state index in [9.17, 15) is 0 Å². The van der Waals surface area contributed by atoms with Crippen molar-refractivity contribution in [3.63, 3.8) is 0 Å². The van der Waals surface area contributed by atoms with E-state index in [-0.39, 0.29) is 5.41 Å². The van der Waals surface area contributed by atoms with Crippen LogP contribution >= 0.6 is 15.9 Å². The second-order valence-corrected chi connectivity index (χ2v) is 7.24. The van der Waals surface area contributed by atoms with Crippen LogP contribution in [-0.2, 0) is 11.2 Å². The van der Waals surface area contributed by atoms with Gasteiger partial charge in [-0.1, -0.05) is 35.0 Å². The third kappa shape index (κ3) is 3.10. The number of rotatable bonds is 6. The molecule has 110 valence electrons. The van der Waals surface area contributed by atoms with Gasteiger partial charge in [0.2, 0.25) is 0 Å². The largest absolute Gasteiger partial charge is 0.377 e. The van der Waals surface area contributed by atoms with Crippen molar-refractivity contribution in [2.24, 2.45) is 11.3 Å². The van der Waals surface area contributed by atoms with Gasteiger partial charge in [0.05, 0.1) is 6.10 Å². The fourth-order valence-corrected chi connectivity index (χ4v) is 4.06. The van der Waals surface area contributed by atoms with Gasteiger partial charge < -0.3 is 10.1 Å². The van der Waals surface area contributed by atoms with Crippen LogP contribution in [0.15, 0.2) is 28.7 Å². The first-order valence-electron chi connectivity index (χ1n) is 7.80. The Morgan fingerprint density at radius 2 is 2.25 bits per heavy atom. The van der Waals surface area contributed by atoms with Crippen molar-refractivity contribution >= 4 is 15.9 Å². The van der Waals surface area contributed by atoms with E-state index in [1.165, 1.54) is 29.3 Å². The summed E-state index contributed by atoms with van der Waals surface area (Å²) in [6, 6.07) is 8.75. The molecule has 3 heteroatoms. The first kappa shape index (κ1) is 14.6. The second-order valence-electron chi connectivity index (χ2n) is 6.33. The minimum atomic E-state index is 0.290. The van der Waals surface area contributed by atoms with Crippen molar-refractivity contribution in [3.8, 4) is 0 Å². The molecule has 2 unspecified atom stereocenters. The molecule has 0 amide bonds. The van der Waals surface area contributed by atoms with E-state index in [1.54, 1.807) is 0 Å². The first-order valence-corrected chi connectivity index (χ1v) is 8.59. The van der Waals surface area contributed by atoms with Gasteiger partial charge in [0.15, 0.2) is 0 Å². The monoisotopic (exact) mass is 337 g/mol. The Bertz CT molecular complexity index is 460. The summed E-state index contributed by atoms with van der Waals surface area (Å²) in [6.45, 7) is 5.24. The van der Waals surface area contributed by atoms with Gasteiger partial charge in [0.25, 0.3) is 0 Å². The summed E-state index contributed by atoms with van der Waals surface area (Å²) in [5, 5.41) is 3.59. The van der Waals surface area contributed by atoms with Gasteiger partial charge in [0, 0.05) is 23.0 Å². The number of halogens is 1. The molecular weight excluding hydrogens is 314 g/mol. The number of hydrogen-bond acceptors (Lipinski definition) is 2. The van der Waals surface area contributed by atoms with Crippen LogP contribution in [0.4, 0.5) is 0 Å². The lowest BCUT2D eigenvalue weighted by Crippen LogP contribution is -2.43. The zero-order chi connectivity index (χ0) is 14.0. The van der Waals surface area contributed by atoms with E-state index in [0.717, 1.165) is 32.0 Å². The maximum absolute atomic E-state index is 6.14. The fourth-order valence-electron chi connectivity index (χ4n) is 3.61. The predicted octanol–water partition coefficient (Wildman–Crippen LogP) is 3.79. The summed E-state index contributed by atoms with van der Waals surface area (Å²) in [5.41, 5.74) is 1.71. The molecule has 1 aliphatic carbocycles. The highest BCUT2D eigenvalue weighted by Gasteiger charge is 2.50. The van der Waals surface area contributed by atoms with E-state index in [2.05, 4.69) is 52.4 Å². The molecule has 1 heterocycles. The zero-order valence-electron chi connectivity index (χ0n) is 12.2. The van der Waals surface area contributed by atoms with Gasteiger partial charge in [-0.15, -0.1) is 0 Å². The maximum Gasteiger partial charge on any atom is 0.0675 e. The Kier molecular flexibility index (Phi) is 4.49. The topological polar surface area (TPSA) is 21.3 Å². The standard InChI is InChI=1S/C17H24BrNO/c1-2-19-12-17(8-9-20-16(17)14-6-7-14)11-13-4-3-5-15(18)10-13/h3-5,10,14,16,19H,2,6-9,11-12H2,1H3. The van der Waals surface area contributed by atoms with Crippen LogP contribution in [0.1, 0.15) is 31.7 Å². The normalized spacial score (nSPS) is 29.8. The van der Waals surface area contributed by atoms with Crippen LogP contribution < -0.4 is 5.32 Å². The molecule has 2 aliphatic rings. The van der Waals surface area contributed by atoms with Crippen molar-refractivity contribution in [2.45, 2.75) is 38.7 Å². The minimum absolute atomic E-state index is 0.290. The van der Waals surface area contributed by atoms with Crippen LogP contribution in [0, 0.1) is 11.3 Å². The van der Waals surface area contributed by atoms with Crippen molar-refractivity contribution in [1.82, 2.24) is 5.32 Å². The Hall–Kier alpha value is -0.380. The molecule has 1 N–H and O–H groups in total. The second kappa shape index (κ2) is 6.17. The molecule has 0 bridgehead atoms. The zero-order valence-corrected chi connectivity index (χ0v) is 13.8. The van der Waals surface area contributed by atoms with E-state index < -0.39 is 0 Å². The lowest BCUT2D eigenvalue weighted by Gasteiger charge is -2.35. The van der Waals surface area contributed by atoms with E-state index >= 15 is 0 Å². The Balaban J connectivity index is 1.81. The van der Waals surface area contributed by atoms with Gasteiger partial charge in [-0.2, -0.15) is 0 Å². The molecule has 3 rings (SSSR count). The van der Waals surface area contributed by atoms with Gasteiger partial charge >= 0.3 is 0 Å². The smallest absolute Gasteiger partial charge is 0.0675 e. The molecule has 2 nitrogen and oxygen atoms in total. The molecule has 1 saturated carbocycles. The highest BCUT2D eigenvalue weighted by atomic mass is 79.9. The van der Waals surface area contributed by atoms with Crippen molar-refractivity contribution in [2.75, 3.05) is 19.7 Å². The molecule has 1 aliphatic heterocycles. The molecule has 0 radical (unpaired) electrons. The van der Waals surface area contributed by atoms with E-state index in [1.807, 2.05) is 0 Å². The lowest BCUT2D eigenvalue weighted by molar-refractivity contribution is 0.0308. The van der Waals surface area contributed by atoms with Gasteiger partial charge in [-0.05, 0) is 55.8 Å². The number of ether oxygens (including phenoxy) is 1. The average molecular weight is 338 g/mol. The van der Waals surface area contributed by atoms with E-state index in [0.29, 0.717) is 6.10 Å². The summed E-state index contributed by atoms with van der Waals surface area (Å²) in [6.07, 6.45) is 5.49. The molecule has 0 aromatic heterocycles. The number of nitrogens with one attached hydrogen (secondary N) is 1. The highest BCUT2D eigenvalue weighted by Crippen LogP contribution is 2.49. The van der Waals surface area contributed by atoms with Crippen LogP contribution in [0.25, 0.3) is 0 Å². The first-order chi connectivity index (χ1) is 9.73.